The molecule has 1 fully saturated rings. The molecule has 1 aromatic heterocycles. The van der Waals surface area contributed by atoms with Crippen molar-refractivity contribution in [3.8, 4) is 23.0 Å². The lowest BCUT2D eigenvalue weighted by atomic mass is 9.98. The summed E-state index contributed by atoms with van der Waals surface area (Å²) in [6.07, 6.45) is -10.5. The molecular formula is C24H24F4N3O8PS. The van der Waals surface area contributed by atoms with Crippen molar-refractivity contribution in [2.24, 2.45) is 0 Å². The van der Waals surface area contributed by atoms with E-state index in [4.69, 9.17) is 45.3 Å². The van der Waals surface area contributed by atoms with Gasteiger partial charge in [-0.05, 0) is 48.5 Å². The van der Waals surface area contributed by atoms with E-state index in [1.807, 2.05) is 0 Å². The zero-order valence-electron chi connectivity index (χ0n) is 21.4. The van der Waals surface area contributed by atoms with Gasteiger partial charge in [-0.2, -0.15) is 4.98 Å². The molecule has 0 amide bonds. The van der Waals surface area contributed by atoms with E-state index in [0.29, 0.717) is 22.3 Å². The van der Waals surface area contributed by atoms with E-state index < -0.39 is 61.2 Å². The van der Waals surface area contributed by atoms with Crippen molar-refractivity contribution in [3.05, 3.63) is 71.0 Å². The van der Waals surface area contributed by atoms with E-state index in [1.54, 1.807) is 0 Å². The number of anilines is 1. The monoisotopic (exact) mass is 621 g/mol. The average Bonchev–Trinajstić information content (AvgIpc) is 3.21. The fourth-order valence-electron chi connectivity index (χ4n) is 3.79. The van der Waals surface area contributed by atoms with E-state index in [1.165, 1.54) is 62.8 Å². The summed E-state index contributed by atoms with van der Waals surface area (Å²) in [5.74, 6) is -0.856. The number of hydrogen-bond acceptors (Lipinski definition) is 11. The van der Waals surface area contributed by atoms with Gasteiger partial charge in [0.25, 0.3) is 6.43 Å². The summed E-state index contributed by atoms with van der Waals surface area (Å²) >= 11 is 5.47. The second-order valence-corrected chi connectivity index (χ2v) is 11.4. The number of aliphatic hydroxyl groups excluding tert-OH is 1. The summed E-state index contributed by atoms with van der Waals surface area (Å²) < 4.78 is 91.1. The first-order chi connectivity index (χ1) is 19.4. The second-order valence-electron chi connectivity index (χ2n) is 8.57. The molecule has 1 aliphatic heterocycles. The van der Waals surface area contributed by atoms with Gasteiger partial charge in [0.15, 0.2) is 29.6 Å². The molecule has 1 saturated heterocycles. The maximum Gasteiger partial charge on any atom is 0.435 e. The van der Waals surface area contributed by atoms with Crippen LogP contribution in [0.15, 0.2) is 59.5 Å². The first-order valence-corrected chi connectivity index (χ1v) is 14.2. The Morgan fingerprint density at radius 2 is 1.56 bits per heavy atom. The fourth-order valence-corrected chi connectivity index (χ4v) is 5.72. The minimum atomic E-state index is -4.07. The third-order valence-corrected chi connectivity index (χ3v) is 8.06. The Balaban J connectivity index is 1.65. The quantitative estimate of drug-likeness (QED) is 0.240. The van der Waals surface area contributed by atoms with Crippen LogP contribution >= 0.6 is 6.72 Å². The van der Waals surface area contributed by atoms with E-state index in [0.717, 1.165) is 0 Å². The van der Waals surface area contributed by atoms with Crippen molar-refractivity contribution in [1.82, 2.24) is 9.55 Å². The lowest BCUT2D eigenvalue weighted by Crippen LogP contribution is -2.50. The Kier molecular flexibility index (Phi) is 9.09. The number of rotatable bonds is 11. The molecule has 0 bridgehead atoms. The van der Waals surface area contributed by atoms with E-state index in [2.05, 4.69) is 4.98 Å². The molecule has 3 N–H and O–H groups in total. The number of nitrogens with two attached hydrogens (primary N) is 1. The van der Waals surface area contributed by atoms with Crippen LogP contribution in [0.4, 0.5) is 23.4 Å². The summed E-state index contributed by atoms with van der Waals surface area (Å²) in [4.78, 5) is 15.4. The second kappa shape index (κ2) is 12.2. The van der Waals surface area contributed by atoms with Crippen LogP contribution in [0.3, 0.4) is 0 Å². The average molecular weight is 622 g/mol. The molecule has 222 valence electrons. The van der Waals surface area contributed by atoms with Gasteiger partial charge in [0, 0.05) is 11.8 Å². The van der Waals surface area contributed by atoms with Crippen molar-refractivity contribution >= 4 is 24.3 Å². The normalized spacial score (nSPS) is 22.5. The molecule has 17 heteroatoms. The van der Waals surface area contributed by atoms with Gasteiger partial charge in [0.2, 0.25) is 0 Å². The number of ether oxygens (including phenoxy) is 3. The fraction of sp³-hybridized carbons (Fsp3) is 0.333. The molecule has 0 aliphatic carbocycles. The largest absolute Gasteiger partial charge is 0.497 e. The highest BCUT2D eigenvalue weighted by atomic mass is 32.5. The van der Waals surface area contributed by atoms with Gasteiger partial charge in [0.1, 0.15) is 29.1 Å². The Morgan fingerprint density at radius 3 is 2.02 bits per heavy atom. The molecule has 2 heterocycles. The molecule has 0 spiro atoms. The van der Waals surface area contributed by atoms with Gasteiger partial charge in [-0.3, -0.25) is 9.09 Å². The van der Waals surface area contributed by atoms with Crippen molar-refractivity contribution < 1.29 is 50.5 Å². The molecule has 1 aliphatic rings. The van der Waals surface area contributed by atoms with Crippen LogP contribution in [0, 0.1) is 5.82 Å². The predicted molar refractivity (Wildman–Crippen MR) is 140 cm³/mol. The maximum absolute atomic E-state index is 15.4. The molecule has 2 aromatic carbocycles. The number of aliphatic hydroxyl groups is 1. The number of aromatic nitrogens is 2. The molecular weight excluding hydrogens is 597 g/mol. The molecule has 41 heavy (non-hydrogen) atoms. The van der Waals surface area contributed by atoms with E-state index >= 15 is 4.39 Å². The molecule has 4 atom stereocenters. The molecule has 4 rings (SSSR count). The molecule has 3 aromatic rings. The maximum atomic E-state index is 15.4. The van der Waals surface area contributed by atoms with Crippen molar-refractivity contribution in [2.45, 2.75) is 30.5 Å². The number of nitrogen functional groups attached to an aromatic ring is 1. The van der Waals surface area contributed by atoms with E-state index in [9.17, 15) is 23.1 Å². The third kappa shape index (κ3) is 6.41. The van der Waals surface area contributed by atoms with Gasteiger partial charge >= 0.3 is 12.4 Å². The van der Waals surface area contributed by atoms with Gasteiger partial charge < -0.3 is 34.1 Å². The van der Waals surface area contributed by atoms with Gasteiger partial charge in [-0.15, -0.1) is 0 Å². The summed E-state index contributed by atoms with van der Waals surface area (Å²) in [5, 5.41) is 10.4. The van der Waals surface area contributed by atoms with Gasteiger partial charge in [-0.25, -0.2) is 22.4 Å². The van der Waals surface area contributed by atoms with Crippen LogP contribution in [0.1, 0.15) is 6.23 Å². The van der Waals surface area contributed by atoms with Crippen molar-refractivity contribution in [3.63, 3.8) is 0 Å². The van der Waals surface area contributed by atoms with Crippen LogP contribution in [0.25, 0.3) is 0 Å². The van der Waals surface area contributed by atoms with Gasteiger partial charge in [-0.1, -0.05) is 0 Å². The van der Waals surface area contributed by atoms with Crippen molar-refractivity contribution in [2.75, 3.05) is 26.6 Å². The zero-order chi connectivity index (χ0) is 29.9. The Morgan fingerprint density at radius 1 is 1.07 bits per heavy atom. The molecule has 4 unspecified atom stereocenters. The smallest absolute Gasteiger partial charge is 0.435 e. The molecule has 0 radical (unpaired) electrons. The first kappa shape index (κ1) is 30.5. The highest BCUT2D eigenvalue weighted by Gasteiger charge is 2.63. The van der Waals surface area contributed by atoms with Crippen LogP contribution in [0.5, 0.6) is 23.0 Å². The minimum absolute atomic E-state index is 0.103. The third-order valence-electron chi connectivity index (χ3n) is 5.98. The molecule has 11 nitrogen and oxygen atoms in total. The van der Waals surface area contributed by atoms with Crippen LogP contribution < -0.4 is 29.9 Å². The first-order valence-electron chi connectivity index (χ1n) is 11.7. The summed E-state index contributed by atoms with van der Waals surface area (Å²) in [6, 6.07) is 11.9. The number of hydrogen-bond donors (Lipinski definition) is 2. The van der Waals surface area contributed by atoms with Gasteiger partial charge in [0.05, 0.1) is 27.0 Å². The molecule has 0 saturated carbocycles. The Bertz CT molecular complexity index is 1410. The summed E-state index contributed by atoms with van der Waals surface area (Å²) in [5.41, 5.74) is 0.781. The Hall–Kier alpha value is -3.43. The Labute approximate surface area is 235 Å². The topological polar surface area (TPSA) is 137 Å². The minimum Gasteiger partial charge on any atom is -0.497 e. The number of nitrogens with zero attached hydrogens (tertiary/aromatic N) is 2. The highest BCUT2D eigenvalue weighted by Crippen LogP contribution is 2.53. The standard InChI is InChI=1S/C24H24F4N3O8PS/c1-34-13-3-7-15(8-4-13)38-40(41,39-16-9-5-14(35-2)6-10-16)36-12-24(22(27)28)19(26)18(32)21(37-24)31-11-17(25)20(29)30-23(31)33/h3-11,18-19,21-22,32H,12H2,1-2H3,(H2,29,30,33). The lowest BCUT2D eigenvalue weighted by molar-refractivity contribution is -0.183. The summed E-state index contributed by atoms with van der Waals surface area (Å²) in [7, 11) is 2.89. The number of halogens is 4. The predicted octanol–water partition coefficient (Wildman–Crippen LogP) is 3.61. The van der Waals surface area contributed by atoms with E-state index in [-0.39, 0.29) is 11.5 Å². The number of alkyl halides is 3. The zero-order valence-corrected chi connectivity index (χ0v) is 23.1. The highest BCUT2D eigenvalue weighted by molar-refractivity contribution is 8.07. The number of benzene rings is 2. The van der Waals surface area contributed by atoms with Crippen LogP contribution in [-0.2, 0) is 21.1 Å². The lowest BCUT2D eigenvalue weighted by Gasteiger charge is -2.32. The van der Waals surface area contributed by atoms with Crippen molar-refractivity contribution in [1.29, 1.82) is 0 Å². The summed E-state index contributed by atoms with van der Waals surface area (Å²) in [6.45, 7) is -5.38. The SMILES string of the molecule is COc1ccc(OP(=S)(OCC2(C(F)F)OC(n3cc(F)c(N)nc3=O)C(O)C2F)Oc2ccc(OC)cc2)cc1. The number of methoxy groups -OCH3 is 2. The van der Waals surface area contributed by atoms with Crippen LogP contribution in [-0.4, -0.2) is 59.8 Å². The van der Waals surface area contributed by atoms with Crippen LogP contribution in [0.2, 0.25) is 0 Å².